The Bertz CT molecular complexity index is 595. The molecule has 4 heteroatoms. The third-order valence-electron chi connectivity index (χ3n) is 3.70. The molecule has 0 saturated heterocycles. The van der Waals surface area contributed by atoms with Gasteiger partial charge in [0.15, 0.2) is 0 Å². The Kier molecular flexibility index (Phi) is 4.38. The first-order valence-electron chi connectivity index (χ1n) is 6.84. The number of nitrogens with zero attached hydrogens (tertiary/aromatic N) is 1. The molecule has 2 aromatic rings. The van der Waals surface area contributed by atoms with E-state index >= 15 is 0 Å². The zero-order chi connectivity index (χ0) is 14.8. The van der Waals surface area contributed by atoms with Crippen LogP contribution in [0.15, 0.2) is 30.3 Å². The highest BCUT2D eigenvalue weighted by Crippen LogP contribution is 2.27. The average molecular weight is 273 g/mol. The Balaban J connectivity index is 2.33. The molecule has 1 atom stereocenters. The van der Waals surface area contributed by atoms with Crippen LogP contribution in [0.3, 0.4) is 0 Å². The second-order valence-electron chi connectivity index (χ2n) is 5.79. The number of rotatable bonds is 5. The summed E-state index contributed by atoms with van der Waals surface area (Å²) in [7, 11) is 1.72. The van der Waals surface area contributed by atoms with Crippen molar-refractivity contribution in [3.63, 3.8) is 0 Å². The molecule has 0 bridgehead atoms. The van der Waals surface area contributed by atoms with Gasteiger partial charge in [-0.2, -0.15) is 0 Å². The summed E-state index contributed by atoms with van der Waals surface area (Å²) in [5, 5.41) is 1.13. The topological polar surface area (TPSA) is 60.2 Å². The van der Waals surface area contributed by atoms with E-state index in [0.29, 0.717) is 0 Å². The van der Waals surface area contributed by atoms with Crippen molar-refractivity contribution in [1.29, 1.82) is 0 Å². The van der Waals surface area contributed by atoms with E-state index in [0.717, 1.165) is 28.6 Å². The first kappa shape index (κ1) is 14.9. The van der Waals surface area contributed by atoms with Crippen LogP contribution in [-0.4, -0.2) is 17.7 Å². The highest BCUT2D eigenvalue weighted by atomic mass is 16.5. The van der Waals surface area contributed by atoms with Crippen LogP contribution in [-0.2, 0) is 4.74 Å². The van der Waals surface area contributed by atoms with E-state index in [1.807, 2.05) is 19.1 Å². The van der Waals surface area contributed by atoms with Crippen LogP contribution in [0, 0.1) is 6.92 Å². The maximum Gasteiger partial charge on any atom is 0.0705 e. The number of nitrogens with one attached hydrogen (secondary N) is 1. The molecule has 3 N–H and O–H groups in total. The molecule has 0 fully saturated rings. The Morgan fingerprint density at radius 2 is 2.05 bits per heavy atom. The van der Waals surface area contributed by atoms with Crippen LogP contribution in [0.4, 0.5) is 0 Å². The largest absolute Gasteiger partial charge is 0.379 e. The van der Waals surface area contributed by atoms with E-state index < -0.39 is 0 Å². The standard InChI is InChI=1S/C16H23N3O/c1-11-5-6-12-9-13(7-8-14(12)18-11)15(19-17)10-16(2,3)20-4/h5-9,15,19H,10,17H2,1-4H3. The molecule has 0 saturated carbocycles. The molecule has 0 spiro atoms. The van der Waals surface area contributed by atoms with Gasteiger partial charge < -0.3 is 4.74 Å². The van der Waals surface area contributed by atoms with Crippen molar-refractivity contribution in [2.75, 3.05) is 7.11 Å². The van der Waals surface area contributed by atoms with Gasteiger partial charge in [0, 0.05) is 24.2 Å². The number of fused-ring (bicyclic) bond motifs is 1. The number of hydrogen-bond donors (Lipinski definition) is 2. The van der Waals surface area contributed by atoms with E-state index in [4.69, 9.17) is 10.6 Å². The molecule has 20 heavy (non-hydrogen) atoms. The van der Waals surface area contributed by atoms with Gasteiger partial charge in [0.2, 0.25) is 0 Å². The molecule has 0 amide bonds. The van der Waals surface area contributed by atoms with Crippen molar-refractivity contribution >= 4 is 10.9 Å². The maximum absolute atomic E-state index is 5.71. The van der Waals surface area contributed by atoms with Crippen molar-refractivity contribution in [2.24, 2.45) is 5.84 Å². The first-order chi connectivity index (χ1) is 9.45. The molecule has 108 valence electrons. The van der Waals surface area contributed by atoms with Crippen molar-refractivity contribution < 1.29 is 4.74 Å². The smallest absolute Gasteiger partial charge is 0.0705 e. The number of pyridine rings is 1. The van der Waals surface area contributed by atoms with E-state index in [2.05, 4.69) is 42.5 Å². The zero-order valence-electron chi connectivity index (χ0n) is 12.6. The highest BCUT2D eigenvalue weighted by Gasteiger charge is 2.23. The predicted molar refractivity (Wildman–Crippen MR) is 82.2 cm³/mol. The van der Waals surface area contributed by atoms with Crippen LogP contribution in [0.2, 0.25) is 0 Å². The highest BCUT2D eigenvalue weighted by molar-refractivity contribution is 5.79. The molecular formula is C16H23N3O. The van der Waals surface area contributed by atoms with Gasteiger partial charge in [-0.1, -0.05) is 12.1 Å². The molecule has 0 radical (unpaired) electrons. The second kappa shape index (κ2) is 5.87. The fourth-order valence-corrected chi connectivity index (χ4v) is 2.31. The summed E-state index contributed by atoms with van der Waals surface area (Å²) in [4.78, 5) is 4.52. The van der Waals surface area contributed by atoms with Gasteiger partial charge in [-0.3, -0.25) is 16.3 Å². The average Bonchev–Trinajstić information content (AvgIpc) is 2.44. The van der Waals surface area contributed by atoms with Crippen molar-refractivity contribution in [3.05, 3.63) is 41.6 Å². The van der Waals surface area contributed by atoms with E-state index in [1.165, 1.54) is 0 Å². The van der Waals surface area contributed by atoms with Crippen LogP contribution >= 0.6 is 0 Å². The minimum Gasteiger partial charge on any atom is -0.379 e. The molecule has 1 aromatic carbocycles. The zero-order valence-corrected chi connectivity index (χ0v) is 12.6. The van der Waals surface area contributed by atoms with Gasteiger partial charge >= 0.3 is 0 Å². The number of aromatic nitrogens is 1. The molecule has 0 aliphatic heterocycles. The number of hydrazine groups is 1. The fourth-order valence-electron chi connectivity index (χ4n) is 2.31. The number of hydrogen-bond acceptors (Lipinski definition) is 4. The Hall–Kier alpha value is -1.49. The van der Waals surface area contributed by atoms with E-state index in [9.17, 15) is 0 Å². The summed E-state index contributed by atoms with van der Waals surface area (Å²) >= 11 is 0. The maximum atomic E-state index is 5.71. The summed E-state index contributed by atoms with van der Waals surface area (Å²) in [6.07, 6.45) is 0.796. The summed E-state index contributed by atoms with van der Waals surface area (Å²) in [5.41, 5.74) is 5.85. The fraction of sp³-hybridized carbons (Fsp3) is 0.438. The minimum absolute atomic E-state index is 0.0515. The summed E-state index contributed by atoms with van der Waals surface area (Å²) in [5.74, 6) is 5.71. The first-order valence-corrected chi connectivity index (χ1v) is 6.84. The Morgan fingerprint density at radius 1 is 1.30 bits per heavy atom. The molecule has 1 aromatic heterocycles. The van der Waals surface area contributed by atoms with Crippen molar-refractivity contribution in [2.45, 2.75) is 38.8 Å². The number of aryl methyl sites for hydroxylation is 1. The number of methoxy groups -OCH3 is 1. The lowest BCUT2D eigenvalue weighted by molar-refractivity contribution is 0.00682. The Labute approximate surface area is 120 Å². The molecule has 2 rings (SSSR count). The molecule has 0 aliphatic carbocycles. The second-order valence-corrected chi connectivity index (χ2v) is 5.79. The van der Waals surface area contributed by atoms with Gasteiger partial charge in [0.05, 0.1) is 11.1 Å². The molecule has 1 heterocycles. The lowest BCUT2D eigenvalue weighted by atomic mass is 9.93. The van der Waals surface area contributed by atoms with Crippen LogP contribution in [0.25, 0.3) is 10.9 Å². The van der Waals surface area contributed by atoms with Gasteiger partial charge in [0.25, 0.3) is 0 Å². The van der Waals surface area contributed by atoms with Crippen LogP contribution in [0.5, 0.6) is 0 Å². The third kappa shape index (κ3) is 3.33. The normalized spacial score (nSPS) is 13.7. The van der Waals surface area contributed by atoms with Crippen molar-refractivity contribution in [1.82, 2.24) is 10.4 Å². The van der Waals surface area contributed by atoms with Gasteiger partial charge in [-0.25, -0.2) is 0 Å². The molecule has 4 nitrogen and oxygen atoms in total. The van der Waals surface area contributed by atoms with Crippen LogP contribution in [0.1, 0.15) is 37.6 Å². The van der Waals surface area contributed by atoms with Gasteiger partial charge in [-0.15, -0.1) is 0 Å². The number of nitrogens with two attached hydrogens (primary N) is 1. The quantitative estimate of drug-likeness (QED) is 0.649. The van der Waals surface area contributed by atoms with Crippen molar-refractivity contribution in [3.8, 4) is 0 Å². The third-order valence-corrected chi connectivity index (χ3v) is 3.70. The number of ether oxygens (including phenoxy) is 1. The van der Waals surface area contributed by atoms with Gasteiger partial charge in [0.1, 0.15) is 0 Å². The monoisotopic (exact) mass is 273 g/mol. The van der Waals surface area contributed by atoms with Crippen LogP contribution < -0.4 is 11.3 Å². The number of benzene rings is 1. The summed E-state index contributed by atoms with van der Waals surface area (Å²) < 4.78 is 5.49. The molecule has 0 aliphatic rings. The lowest BCUT2D eigenvalue weighted by Gasteiger charge is -2.28. The van der Waals surface area contributed by atoms with Gasteiger partial charge in [-0.05, 0) is 51.0 Å². The SMILES string of the molecule is COC(C)(C)CC(NN)c1ccc2nc(C)ccc2c1. The van der Waals surface area contributed by atoms with E-state index in [-0.39, 0.29) is 11.6 Å². The predicted octanol–water partition coefficient (Wildman–Crippen LogP) is 2.86. The minimum atomic E-state index is -0.225. The lowest BCUT2D eigenvalue weighted by Crippen LogP contribution is -2.35. The van der Waals surface area contributed by atoms with E-state index in [1.54, 1.807) is 7.11 Å². The summed E-state index contributed by atoms with van der Waals surface area (Å²) in [6, 6.07) is 10.4. The molecule has 1 unspecified atom stereocenters. The molecular weight excluding hydrogens is 250 g/mol. The summed E-state index contributed by atoms with van der Waals surface area (Å²) in [6.45, 7) is 6.12. The Morgan fingerprint density at radius 3 is 2.70 bits per heavy atom.